The summed E-state index contributed by atoms with van der Waals surface area (Å²) < 4.78 is 30.3. The van der Waals surface area contributed by atoms with Crippen molar-refractivity contribution in [2.45, 2.75) is 24.7 Å². The number of rotatable bonds is 2. The van der Waals surface area contributed by atoms with Crippen LogP contribution in [0.25, 0.3) is 0 Å². The zero-order chi connectivity index (χ0) is 10.1. The maximum atomic E-state index is 10.8. The summed E-state index contributed by atoms with van der Waals surface area (Å²) in [5, 5.41) is 0. The Morgan fingerprint density at radius 3 is 2.36 bits per heavy atom. The minimum atomic E-state index is -4.06. The summed E-state index contributed by atoms with van der Waals surface area (Å²) in [4.78, 5) is -0.0429. The van der Waals surface area contributed by atoms with Crippen molar-refractivity contribution in [1.29, 1.82) is 0 Å². The van der Waals surface area contributed by atoms with Crippen molar-refractivity contribution in [3.8, 4) is 0 Å². The standard InChI is InChI=1S/C9H12O3S.Li.H/c1-7(2)8-4-3-5-9(6-8)13(10,11)12;;/h3-7H,1-2H3,(H,10,11,12);;/q;+1;-1. The van der Waals surface area contributed by atoms with Crippen LogP contribution in [0.1, 0.15) is 26.8 Å². The average molecular weight is 208 g/mol. The molecule has 14 heavy (non-hydrogen) atoms. The van der Waals surface area contributed by atoms with Gasteiger partial charge in [0.05, 0.1) is 4.90 Å². The molecular formula is C9H13LiO3S. The van der Waals surface area contributed by atoms with E-state index in [1.807, 2.05) is 19.9 Å². The van der Waals surface area contributed by atoms with Gasteiger partial charge in [-0.05, 0) is 23.6 Å². The van der Waals surface area contributed by atoms with Crippen LogP contribution in [0.15, 0.2) is 29.2 Å². The minimum Gasteiger partial charge on any atom is -1.00 e. The molecule has 0 atom stereocenters. The molecule has 0 aliphatic carbocycles. The molecule has 0 bridgehead atoms. The van der Waals surface area contributed by atoms with Crippen molar-refractivity contribution in [1.82, 2.24) is 0 Å². The van der Waals surface area contributed by atoms with Crippen LogP contribution in [0, 0.1) is 0 Å². The predicted molar refractivity (Wildman–Crippen MR) is 51.5 cm³/mol. The summed E-state index contributed by atoms with van der Waals surface area (Å²) in [6.45, 7) is 3.92. The van der Waals surface area contributed by atoms with Crippen molar-refractivity contribution < 1.29 is 33.3 Å². The van der Waals surface area contributed by atoms with Crippen molar-refractivity contribution in [3.63, 3.8) is 0 Å². The molecular weight excluding hydrogens is 195 g/mol. The Bertz CT molecular complexity index is 404. The molecule has 0 aromatic heterocycles. The fraction of sp³-hybridized carbons (Fsp3) is 0.333. The maximum Gasteiger partial charge on any atom is 1.00 e. The molecule has 5 heteroatoms. The molecule has 1 aromatic rings. The Balaban J connectivity index is 0. The van der Waals surface area contributed by atoms with Gasteiger partial charge in [0.25, 0.3) is 10.1 Å². The number of hydrogen-bond acceptors (Lipinski definition) is 2. The molecule has 0 aliphatic rings. The van der Waals surface area contributed by atoms with Crippen molar-refractivity contribution in [2.24, 2.45) is 0 Å². The topological polar surface area (TPSA) is 54.4 Å². The van der Waals surface area contributed by atoms with Gasteiger partial charge < -0.3 is 1.43 Å². The monoisotopic (exact) mass is 208 g/mol. The molecule has 0 saturated heterocycles. The van der Waals surface area contributed by atoms with Gasteiger partial charge in [-0.2, -0.15) is 8.42 Å². The summed E-state index contributed by atoms with van der Waals surface area (Å²) >= 11 is 0. The van der Waals surface area contributed by atoms with Crippen LogP contribution in [0.5, 0.6) is 0 Å². The summed E-state index contributed by atoms with van der Waals surface area (Å²) in [5.41, 5.74) is 0.898. The van der Waals surface area contributed by atoms with Gasteiger partial charge in [0, 0.05) is 0 Å². The second-order valence-electron chi connectivity index (χ2n) is 3.20. The van der Waals surface area contributed by atoms with Crippen LogP contribution in [0.2, 0.25) is 0 Å². The van der Waals surface area contributed by atoms with Gasteiger partial charge in [-0.25, -0.2) is 0 Å². The van der Waals surface area contributed by atoms with Gasteiger partial charge in [0.2, 0.25) is 0 Å². The Labute approximate surface area is 97.9 Å². The van der Waals surface area contributed by atoms with E-state index in [4.69, 9.17) is 4.55 Å². The first-order valence-corrected chi connectivity index (χ1v) is 5.42. The largest absolute Gasteiger partial charge is 1.00 e. The van der Waals surface area contributed by atoms with Gasteiger partial charge in [-0.1, -0.05) is 26.0 Å². The third kappa shape index (κ3) is 3.47. The van der Waals surface area contributed by atoms with Crippen LogP contribution in [0.4, 0.5) is 0 Å². The SMILES string of the molecule is CC(C)c1cccc(S(=O)(=O)O)c1.[H-].[Li+]. The Hall–Kier alpha value is -0.273. The Kier molecular flexibility index (Phi) is 4.89. The molecule has 0 fully saturated rings. The molecule has 1 N–H and O–H groups in total. The number of benzene rings is 1. The Morgan fingerprint density at radius 1 is 1.36 bits per heavy atom. The van der Waals surface area contributed by atoms with Crippen LogP contribution in [-0.2, 0) is 10.1 Å². The number of hydrogen-bond donors (Lipinski definition) is 1. The average Bonchev–Trinajstić information content (AvgIpc) is 2.03. The smallest absolute Gasteiger partial charge is 1.00 e. The molecule has 0 amide bonds. The molecule has 1 aromatic carbocycles. The zero-order valence-electron chi connectivity index (χ0n) is 9.56. The summed E-state index contributed by atoms with van der Waals surface area (Å²) in [6, 6.07) is 6.32. The summed E-state index contributed by atoms with van der Waals surface area (Å²) in [7, 11) is -4.06. The van der Waals surface area contributed by atoms with Gasteiger partial charge in [-0.3, -0.25) is 4.55 Å². The quantitative estimate of drug-likeness (QED) is 0.510. The summed E-state index contributed by atoms with van der Waals surface area (Å²) in [5.74, 6) is 0.252. The van der Waals surface area contributed by atoms with E-state index in [1.165, 1.54) is 12.1 Å². The van der Waals surface area contributed by atoms with Crippen LogP contribution < -0.4 is 18.9 Å². The molecule has 1 rings (SSSR count). The van der Waals surface area contributed by atoms with Crippen LogP contribution in [0.3, 0.4) is 0 Å². The van der Waals surface area contributed by atoms with E-state index in [0.717, 1.165) is 5.56 Å². The molecule has 3 nitrogen and oxygen atoms in total. The zero-order valence-corrected chi connectivity index (χ0v) is 9.38. The normalized spacial score (nSPS) is 11.1. The van der Waals surface area contributed by atoms with Gasteiger partial charge in [0.1, 0.15) is 0 Å². The second-order valence-corrected chi connectivity index (χ2v) is 4.62. The van der Waals surface area contributed by atoms with Crippen LogP contribution in [-0.4, -0.2) is 13.0 Å². The molecule has 0 aliphatic heterocycles. The van der Waals surface area contributed by atoms with Gasteiger partial charge in [0.15, 0.2) is 0 Å². The van der Waals surface area contributed by atoms with Crippen molar-refractivity contribution >= 4 is 10.1 Å². The van der Waals surface area contributed by atoms with E-state index in [2.05, 4.69) is 0 Å². The van der Waals surface area contributed by atoms with E-state index in [1.54, 1.807) is 6.07 Å². The van der Waals surface area contributed by atoms with E-state index in [-0.39, 0.29) is 31.1 Å². The molecule has 0 heterocycles. The first kappa shape index (κ1) is 13.7. The predicted octanol–water partition coefficient (Wildman–Crippen LogP) is -0.827. The van der Waals surface area contributed by atoms with E-state index in [0.29, 0.717) is 0 Å². The van der Waals surface area contributed by atoms with Crippen LogP contribution >= 0.6 is 0 Å². The molecule has 74 valence electrons. The van der Waals surface area contributed by atoms with E-state index < -0.39 is 10.1 Å². The molecule has 0 saturated carbocycles. The third-order valence-electron chi connectivity index (χ3n) is 1.82. The Morgan fingerprint density at radius 2 is 1.93 bits per heavy atom. The van der Waals surface area contributed by atoms with E-state index >= 15 is 0 Å². The molecule has 0 spiro atoms. The maximum absolute atomic E-state index is 10.8. The fourth-order valence-electron chi connectivity index (χ4n) is 1.03. The first-order valence-electron chi connectivity index (χ1n) is 3.98. The summed E-state index contributed by atoms with van der Waals surface area (Å²) in [6.07, 6.45) is 0. The van der Waals surface area contributed by atoms with Gasteiger partial charge >= 0.3 is 18.9 Å². The first-order chi connectivity index (χ1) is 5.91. The third-order valence-corrected chi connectivity index (χ3v) is 2.67. The molecule has 0 radical (unpaired) electrons. The second kappa shape index (κ2) is 4.99. The van der Waals surface area contributed by atoms with Gasteiger partial charge in [-0.15, -0.1) is 0 Å². The fourth-order valence-corrected chi connectivity index (χ4v) is 1.57. The van der Waals surface area contributed by atoms with Crippen molar-refractivity contribution in [3.05, 3.63) is 29.8 Å². The molecule has 0 unspecified atom stereocenters. The minimum absolute atomic E-state index is 0. The van der Waals surface area contributed by atoms with Crippen molar-refractivity contribution in [2.75, 3.05) is 0 Å². The van der Waals surface area contributed by atoms with E-state index in [9.17, 15) is 8.42 Å².